The first-order chi connectivity index (χ1) is 12.3. The van der Waals surface area contributed by atoms with Crippen molar-refractivity contribution < 1.29 is 18.7 Å². The van der Waals surface area contributed by atoms with E-state index in [0.717, 1.165) is 11.3 Å². The zero-order valence-corrected chi connectivity index (χ0v) is 15.3. The minimum atomic E-state index is -0.606. The molecule has 0 unspecified atom stereocenters. The van der Waals surface area contributed by atoms with Gasteiger partial charge in [-0.3, -0.25) is 0 Å². The molecule has 0 spiro atoms. The lowest BCUT2D eigenvalue weighted by atomic mass is 10.2. The molecule has 26 heavy (non-hydrogen) atoms. The van der Waals surface area contributed by atoms with Gasteiger partial charge in [0, 0.05) is 24.7 Å². The summed E-state index contributed by atoms with van der Waals surface area (Å²) in [4.78, 5) is 13.1. The van der Waals surface area contributed by atoms with Crippen LogP contribution in [0.1, 0.15) is 20.8 Å². The predicted molar refractivity (Wildman–Crippen MR) is 95.4 cm³/mol. The van der Waals surface area contributed by atoms with Crippen molar-refractivity contribution in [3.8, 4) is 17.0 Å². The summed E-state index contributed by atoms with van der Waals surface area (Å²) >= 11 is 0. The maximum atomic E-state index is 13.0. The van der Waals surface area contributed by atoms with Crippen molar-refractivity contribution in [3.05, 3.63) is 42.4 Å². The van der Waals surface area contributed by atoms with Gasteiger partial charge in [0.1, 0.15) is 23.7 Å². The maximum absolute atomic E-state index is 13.0. The molecule has 1 aromatic carbocycles. The third-order valence-corrected chi connectivity index (χ3v) is 3.19. The number of hydrogen-bond donors (Lipinski definition) is 1. The van der Waals surface area contributed by atoms with Gasteiger partial charge in [0.2, 0.25) is 0 Å². The minimum absolute atomic E-state index is 0.00308. The highest BCUT2D eigenvalue weighted by Crippen LogP contribution is 2.20. The molecule has 0 fully saturated rings. The van der Waals surface area contributed by atoms with E-state index in [2.05, 4.69) is 15.5 Å². The minimum Gasteiger partial charge on any atom is -0.489 e. The monoisotopic (exact) mass is 362 g/mol. The summed E-state index contributed by atoms with van der Waals surface area (Å²) < 4.78 is 23.6. The first-order valence-electron chi connectivity index (χ1n) is 8.11. The summed E-state index contributed by atoms with van der Waals surface area (Å²) in [5, 5.41) is 10.7. The van der Waals surface area contributed by atoms with E-state index in [1.54, 1.807) is 46.1 Å². The van der Waals surface area contributed by atoms with Crippen molar-refractivity contribution in [2.24, 2.45) is 7.05 Å². The van der Waals surface area contributed by atoms with Crippen molar-refractivity contribution in [1.29, 1.82) is 0 Å². The standard InChI is InChI=1S/C18H23FN4O3/c1-18(2,3)26-17(24)20-10-13(9-19)12-25-15-7-5-14(6-8-15)16-11-21-23(4)22-16/h5-9,11H,10,12H2,1-4H3,(H,20,24)/b13-9+. The van der Waals surface area contributed by atoms with E-state index < -0.39 is 11.7 Å². The van der Waals surface area contributed by atoms with E-state index in [9.17, 15) is 9.18 Å². The van der Waals surface area contributed by atoms with Crippen molar-refractivity contribution in [2.45, 2.75) is 26.4 Å². The van der Waals surface area contributed by atoms with E-state index >= 15 is 0 Å². The molecule has 0 saturated carbocycles. The van der Waals surface area contributed by atoms with Gasteiger partial charge in [-0.1, -0.05) is 0 Å². The molecule has 0 aliphatic rings. The average molecular weight is 362 g/mol. The van der Waals surface area contributed by atoms with Crippen LogP contribution in [0.25, 0.3) is 11.3 Å². The smallest absolute Gasteiger partial charge is 0.407 e. The Hall–Kier alpha value is -2.90. The number of ether oxygens (including phenoxy) is 2. The second-order valence-corrected chi connectivity index (χ2v) is 6.66. The summed E-state index contributed by atoms with van der Waals surface area (Å²) in [6.07, 6.45) is 1.48. The highest BCUT2D eigenvalue weighted by molar-refractivity contribution is 5.68. The lowest BCUT2D eigenvalue weighted by Crippen LogP contribution is -2.34. The summed E-state index contributed by atoms with van der Waals surface area (Å²) in [7, 11) is 1.75. The van der Waals surface area contributed by atoms with Gasteiger partial charge >= 0.3 is 6.09 Å². The molecule has 8 heteroatoms. The molecule has 1 amide bonds. The zero-order chi connectivity index (χ0) is 19.2. The van der Waals surface area contributed by atoms with Gasteiger partial charge in [0.25, 0.3) is 0 Å². The number of hydrogen-bond acceptors (Lipinski definition) is 5. The van der Waals surface area contributed by atoms with Crippen LogP contribution >= 0.6 is 0 Å². The van der Waals surface area contributed by atoms with Crippen LogP contribution in [0.15, 0.2) is 42.4 Å². The number of halogens is 1. The number of aromatic nitrogens is 3. The van der Waals surface area contributed by atoms with Crippen LogP contribution in [-0.4, -0.2) is 39.8 Å². The molecule has 1 aromatic heterocycles. The molecule has 0 aliphatic heterocycles. The van der Waals surface area contributed by atoms with Gasteiger partial charge < -0.3 is 14.8 Å². The fourth-order valence-corrected chi connectivity index (χ4v) is 2.00. The van der Waals surface area contributed by atoms with Crippen LogP contribution in [0.3, 0.4) is 0 Å². The topological polar surface area (TPSA) is 78.3 Å². The average Bonchev–Trinajstić information content (AvgIpc) is 3.00. The Morgan fingerprint density at radius 3 is 2.54 bits per heavy atom. The Morgan fingerprint density at radius 2 is 2.00 bits per heavy atom. The molecule has 0 saturated heterocycles. The first-order valence-corrected chi connectivity index (χ1v) is 8.11. The van der Waals surface area contributed by atoms with Crippen LogP contribution in [0.2, 0.25) is 0 Å². The SMILES string of the molecule is Cn1ncc(-c2ccc(OC/C(=C/F)CNC(=O)OC(C)(C)C)cc2)n1. The summed E-state index contributed by atoms with van der Waals surface area (Å²) in [6, 6.07) is 7.22. The molecule has 7 nitrogen and oxygen atoms in total. The number of aryl methyl sites for hydroxylation is 1. The molecule has 0 bridgehead atoms. The number of carbonyl (C=O) groups is 1. The van der Waals surface area contributed by atoms with Crippen LogP contribution < -0.4 is 10.1 Å². The van der Waals surface area contributed by atoms with Gasteiger partial charge in [0.05, 0.1) is 12.5 Å². The molecular formula is C18H23FN4O3. The summed E-state index contributed by atoms with van der Waals surface area (Å²) in [5.74, 6) is 0.578. The van der Waals surface area contributed by atoms with Gasteiger partial charge in [-0.2, -0.15) is 15.0 Å². The van der Waals surface area contributed by atoms with E-state index in [0.29, 0.717) is 12.1 Å². The van der Waals surface area contributed by atoms with Crippen molar-refractivity contribution in [3.63, 3.8) is 0 Å². The number of carbonyl (C=O) groups excluding carboxylic acids is 1. The van der Waals surface area contributed by atoms with E-state index in [4.69, 9.17) is 9.47 Å². The number of nitrogens with one attached hydrogen (secondary N) is 1. The number of rotatable bonds is 6. The third-order valence-electron chi connectivity index (χ3n) is 3.19. The fraction of sp³-hybridized carbons (Fsp3) is 0.389. The Morgan fingerprint density at radius 1 is 1.31 bits per heavy atom. The van der Waals surface area contributed by atoms with Crippen LogP contribution in [0.4, 0.5) is 9.18 Å². The van der Waals surface area contributed by atoms with Gasteiger partial charge in [-0.25, -0.2) is 9.18 Å². The molecule has 2 rings (SSSR count). The number of alkyl carbamates (subject to hydrolysis) is 1. The first kappa shape index (κ1) is 19.4. The maximum Gasteiger partial charge on any atom is 0.407 e. The van der Waals surface area contributed by atoms with Crippen LogP contribution in [0, 0.1) is 0 Å². The molecule has 0 aliphatic carbocycles. The number of benzene rings is 1. The largest absolute Gasteiger partial charge is 0.489 e. The summed E-state index contributed by atoms with van der Waals surface area (Å²) in [6.45, 7) is 5.28. The summed E-state index contributed by atoms with van der Waals surface area (Å²) in [5.41, 5.74) is 1.34. The lowest BCUT2D eigenvalue weighted by Gasteiger charge is -2.20. The Labute approximate surface area is 151 Å². The van der Waals surface area contributed by atoms with Gasteiger partial charge in [-0.05, 0) is 45.0 Å². The second kappa shape index (κ2) is 8.46. The quantitative estimate of drug-likeness (QED) is 0.853. The molecule has 1 heterocycles. The fourth-order valence-electron chi connectivity index (χ4n) is 2.00. The second-order valence-electron chi connectivity index (χ2n) is 6.66. The van der Waals surface area contributed by atoms with Crippen molar-refractivity contribution in [2.75, 3.05) is 13.2 Å². The third kappa shape index (κ3) is 6.19. The molecule has 0 atom stereocenters. The molecule has 1 N–H and O–H groups in total. The van der Waals surface area contributed by atoms with E-state index in [1.807, 2.05) is 12.1 Å². The highest BCUT2D eigenvalue weighted by atomic mass is 19.1. The zero-order valence-electron chi connectivity index (χ0n) is 15.3. The van der Waals surface area contributed by atoms with Gasteiger partial charge in [0.15, 0.2) is 0 Å². The Bertz CT molecular complexity index is 763. The predicted octanol–water partition coefficient (Wildman–Crippen LogP) is 3.24. The van der Waals surface area contributed by atoms with E-state index in [1.165, 1.54) is 4.80 Å². The van der Waals surface area contributed by atoms with Crippen LogP contribution in [-0.2, 0) is 11.8 Å². The molecular weight excluding hydrogens is 339 g/mol. The van der Waals surface area contributed by atoms with E-state index in [-0.39, 0.29) is 18.7 Å². The normalized spacial score (nSPS) is 12.0. The van der Waals surface area contributed by atoms with Gasteiger partial charge in [-0.15, -0.1) is 0 Å². The van der Waals surface area contributed by atoms with Crippen molar-refractivity contribution >= 4 is 6.09 Å². The Kier molecular flexibility index (Phi) is 6.32. The highest BCUT2D eigenvalue weighted by Gasteiger charge is 2.16. The Balaban J connectivity index is 1.83. The molecule has 140 valence electrons. The van der Waals surface area contributed by atoms with Crippen molar-refractivity contribution in [1.82, 2.24) is 20.3 Å². The number of nitrogens with zero attached hydrogens (tertiary/aromatic N) is 3. The number of amides is 1. The van der Waals surface area contributed by atoms with Crippen LogP contribution in [0.5, 0.6) is 5.75 Å². The molecule has 2 aromatic rings. The lowest BCUT2D eigenvalue weighted by molar-refractivity contribution is 0.0531. The molecule has 0 radical (unpaired) electrons.